The standard InChI is InChI=1S/C21H33N5O5S2/c1-4-6-8-24(5-2)9-7-22-17(27)14-25-15-23-20-18(21(25)28)19(16(3)32-20)33(29,30)26-10-12-31-13-11-26/h15H,4-14H2,1-3H3,(H,22,27). The predicted molar refractivity (Wildman–Crippen MR) is 128 cm³/mol. The van der Waals surface area contributed by atoms with Crippen molar-refractivity contribution in [2.75, 3.05) is 52.5 Å². The van der Waals surface area contributed by atoms with Crippen LogP contribution in [0.1, 0.15) is 31.6 Å². The Balaban J connectivity index is 1.77. The van der Waals surface area contributed by atoms with Gasteiger partial charge in [0.05, 0.1) is 24.9 Å². The van der Waals surface area contributed by atoms with Crippen LogP contribution in [0, 0.1) is 6.92 Å². The van der Waals surface area contributed by atoms with Crippen LogP contribution >= 0.6 is 11.3 Å². The summed E-state index contributed by atoms with van der Waals surface area (Å²) in [5, 5.41) is 2.90. The molecule has 1 N–H and O–H groups in total. The van der Waals surface area contributed by atoms with Crippen molar-refractivity contribution in [1.82, 2.24) is 24.1 Å². The van der Waals surface area contributed by atoms with Crippen LogP contribution < -0.4 is 10.9 Å². The molecule has 3 heterocycles. The van der Waals surface area contributed by atoms with Gasteiger partial charge in [-0.05, 0) is 26.4 Å². The van der Waals surface area contributed by atoms with Crippen LogP contribution in [0.3, 0.4) is 0 Å². The van der Waals surface area contributed by atoms with Gasteiger partial charge in [0.2, 0.25) is 15.9 Å². The molecule has 0 bridgehead atoms. The molecule has 0 aromatic carbocycles. The lowest BCUT2D eigenvalue weighted by molar-refractivity contribution is -0.121. The smallest absolute Gasteiger partial charge is 0.263 e. The summed E-state index contributed by atoms with van der Waals surface area (Å²) in [6, 6.07) is 0. The van der Waals surface area contributed by atoms with Crippen LogP contribution in [-0.2, 0) is 26.1 Å². The number of fused-ring (bicyclic) bond motifs is 1. The number of hydrogen-bond acceptors (Lipinski definition) is 8. The molecular formula is C21H33N5O5S2. The maximum absolute atomic E-state index is 13.3. The van der Waals surface area contributed by atoms with E-state index < -0.39 is 15.6 Å². The Labute approximate surface area is 198 Å². The molecule has 1 fully saturated rings. The van der Waals surface area contributed by atoms with Crippen molar-refractivity contribution >= 4 is 37.5 Å². The van der Waals surface area contributed by atoms with E-state index in [0.717, 1.165) is 32.5 Å². The van der Waals surface area contributed by atoms with E-state index in [4.69, 9.17) is 4.74 Å². The first-order valence-electron chi connectivity index (χ1n) is 11.3. The van der Waals surface area contributed by atoms with Crippen molar-refractivity contribution in [3.8, 4) is 0 Å². The zero-order chi connectivity index (χ0) is 24.0. The number of hydrogen-bond donors (Lipinski definition) is 1. The third-order valence-electron chi connectivity index (χ3n) is 5.71. The maximum atomic E-state index is 13.3. The summed E-state index contributed by atoms with van der Waals surface area (Å²) in [5.41, 5.74) is -0.524. The molecule has 0 aliphatic carbocycles. The largest absolute Gasteiger partial charge is 0.379 e. The molecule has 0 saturated carbocycles. The van der Waals surface area contributed by atoms with Gasteiger partial charge < -0.3 is 15.0 Å². The zero-order valence-electron chi connectivity index (χ0n) is 19.5. The molecule has 3 rings (SSSR count). The van der Waals surface area contributed by atoms with Crippen molar-refractivity contribution in [1.29, 1.82) is 0 Å². The number of aromatic nitrogens is 2. The Bertz CT molecular complexity index is 1120. The molecule has 33 heavy (non-hydrogen) atoms. The summed E-state index contributed by atoms with van der Waals surface area (Å²) in [6.07, 6.45) is 3.54. The zero-order valence-corrected chi connectivity index (χ0v) is 21.1. The summed E-state index contributed by atoms with van der Waals surface area (Å²) in [7, 11) is -3.87. The summed E-state index contributed by atoms with van der Waals surface area (Å²) < 4.78 is 34.4. The number of carbonyl (C=O) groups is 1. The van der Waals surface area contributed by atoms with Gasteiger partial charge in [-0.1, -0.05) is 20.3 Å². The highest BCUT2D eigenvalue weighted by molar-refractivity contribution is 7.89. The Kier molecular flexibility index (Phi) is 8.99. The van der Waals surface area contributed by atoms with E-state index in [-0.39, 0.29) is 35.8 Å². The molecule has 1 saturated heterocycles. The molecule has 184 valence electrons. The predicted octanol–water partition coefficient (Wildman–Crippen LogP) is 1.03. The average molecular weight is 500 g/mol. The van der Waals surface area contributed by atoms with E-state index in [2.05, 4.69) is 29.0 Å². The van der Waals surface area contributed by atoms with Crippen LogP contribution in [-0.4, -0.2) is 85.6 Å². The highest BCUT2D eigenvalue weighted by atomic mass is 32.2. The number of nitrogens with zero attached hydrogens (tertiary/aromatic N) is 4. The highest BCUT2D eigenvalue weighted by Crippen LogP contribution is 2.33. The van der Waals surface area contributed by atoms with E-state index >= 15 is 0 Å². The van der Waals surface area contributed by atoms with Gasteiger partial charge in [-0.3, -0.25) is 14.2 Å². The summed E-state index contributed by atoms with van der Waals surface area (Å²) in [6.45, 7) is 9.92. The summed E-state index contributed by atoms with van der Waals surface area (Å²) >= 11 is 1.17. The first kappa shape index (κ1) is 25.8. The van der Waals surface area contributed by atoms with Crippen molar-refractivity contribution in [3.63, 3.8) is 0 Å². The Hall–Kier alpha value is -1.86. The number of unbranched alkanes of at least 4 members (excludes halogenated alkanes) is 1. The quantitative estimate of drug-likeness (QED) is 0.491. The molecule has 10 nitrogen and oxygen atoms in total. The molecule has 2 aromatic rings. The van der Waals surface area contributed by atoms with E-state index in [1.54, 1.807) is 6.92 Å². The number of likely N-dealkylation sites (N-methyl/N-ethyl adjacent to an activating group) is 1. The fourth-order valence-corrected chi connectivity index (χ4v) is 6.90. The van der Waals surface area contributed by atoms with E-state index in [1.807, 2.05) is 0 Å². The SMILES string of the molecule is CCCCN(CC)CCNC(=O)Cn1cnc2sc(C)c(S(=O)(=O)N3CCOCC3)c2c1=O. The third kappa shape index (κ3) is 5.99. The number of carbonyl (C=O) groups excluding carboxylic acids is 1. The Morgan fingerprint density at radius 1 is 1.27 bits per heavy atom. The number of morpholine rings is 1. The van der Waals surface area contributed by atoms with Gasteiger partial charge in [0, 0.05) is 31.1 Å². The molecule has 1 amide bonds. The van der Waals surface area contributed by atoms with Crippen LogP contribution in [0.4, 0.5) is 0 Å². The number of ether oxygens (including phenoxy) is 1. The van der Waals surface area contributed by atoms with E-state index in [1.165, 1.54) is 26.5 Å². The van der Waals surface area contributed by atoms with Crippen LogP contribution in [0.5, 0.6) is 0 Å². The summed E-state index contributed by atoms with van der Waals surface area (Å²) in [4.78, 5) is 33.1. The second kappa shape index (κ2) is 11.5. The lowest BCUT2D eigenvalue weighted by atomic mass is 10.3. The molecule has 0 unspecified atom stereocenters. The second-order valence-corrected chi connectivity index (χ2v) is 11.1. The van der Waals surface area contributed by atoms with Crippen LogP contribution in [0.15, 0.2) is 16.0 Å². The summed E-state index contributed by atoms with van der Waals surface area (Å²) in [5.74, 6) is -0.311. The minimum Gasteiger partial charge on any atom is -0.379 e. The molecule has 12 heteroatoms. The normalized spacial score (nSPS) is 15.4. The van der Waals surface area contributed by atoms with Crippen molar-refractivity contribution in [2.24, 2.45) is 0 Å². The highest BCUT2D eigenvalue weighted by Gasteiger charge is 2.32. The topological polar surface area (TPSA) is 114 Å². The minimum atomic E-state index is -3.87. The average Bonchev–Trinajstić information content (AvgIpc) is 3.16. The van der Waals surface area contributed by atoms with Crippen molar-refractivity contribution in [2.45, 2.75) is 45.1 Å². The van der Waals surface area contributed by atoms with Gasteiger partial charge in [0.1, 0.15) is 16.3 Å². The number of aryl methyl sites for hydroxylation is 1. The molecule has 2 aromatic heterocycles. The van der Waals surface area contributed by atoms with Crippen LogP contribution in [0.25, 0.3) is 10.2 Å². The number of sulfonamides is 1. The molecular weight excluding hydrogens is 466 g/mol. The Morgan fingerprint density at radius 2 is 2.00 bits per heavy atom. The van der Waals surface area contributed by atoms with Gasteiger partial charge in [0.15, 0.2) is 0 Å². The monoisotopic (exact) mass is 499 g/mol. The number of thiophene rings is 1. The van der Waals surface area contributed by atoms with E-state index in [9.17, 15) is 18.0 Å². The van der Waals surface area contributed by atoms with Gasteiger partial charge in [-0.25, -0.2) is 13.4 Å². The van der Waals surface area contributed by atoms with Crippen molar-refractivity contribution in [3.05, 3.63) is 21.6 Å². The van der Waals surface area contributed by atoms with Gasteiger partial charge in [0.25, 0.3) is 5.56 Å². The van der Waals surface area contributed by atoms with E-state index in [0.29, 0.717) is 29.5 Å². The number of rotatable bonds is 11. The fraction of sp³-hybridized carbons (Fsp3) is 0.667. The molecule has 1 aliphatic heterocycles. The first-order valence-corrected chi connectivity index (χ1v) is 13.6. The first-order chi connectivity index (χ1) is 15.8. The third-order valence-corrected chi connectivity index (χ3v) is 8.92. The van der Waals surface area contributed by atoms with Gasteiger partial charge in [-0.15, -0.1) is 11.3 Å². The van der Waals surface area contributed by atoms with Gasteiger partial charge in [-0.2, -0.15) is 4.31 Å². The van der Waals surface area contributed by atoms with Gasteiger partial charge >= 0.3 is 0 Å². The lowest BCUT2D eigenvalue weighted by Gasteiger charge is -2.26. The lowest BCUT2D eigenvalue weighted by Crippen LogP contribution is -2.41. The number of nitrogens with one attached hydrogen (secondary N) is 1. The number of amides is 1. The maximum Gasteiger partial charge on any atom is 0.263 e. The molecule has 0 spiro atoms. The fourth-order valence-electron chi connectivity index (χ4n) is 3.83. The second-order valence-electron chi connectivity index (χ2n) is 8.00. The van der Waals surface area contributed by atoms with Crippen LogP contribution in [0.2, 0.25) is 0 Å². The molecule has 1 aliphatic rings. The minimum absolute atomic E-state index is 0.00818. The molecule has 0 atom stereocenters. The van der Waals surface area contributed by atoms with Crippen molar-refractivity contribution < 1.29 is 17.9 Å². The Morgan fingerprint density at radius 3 is 2.67 bits per heavy atom. The molecule has 0 radical (unpaired) electrons.